The lowest BCUT2D eigenvalue weighted by molar-refractivity contribution is -0.140. The highest BCUT2D eigenvalue weighted by atomic mass is 32.2. The number of carbonyl (C=O) groups is 3. The molecule has 1 saturated heterocycles. The molecule has 1 aliphatic heterocycles. The summed E-state index contributed by atoms with van der Waals surface area (Å²) in [5, 5.41) is 11.7. The first-order chi connectivity index (χ1) is 10.1. The molecule has 1 saturated carbocycles. The number of amides is 2. The first-order valence-electron chi connectivity index (χ1n) is 7.44. The van der Waals surface area contributed by atoms with Gasteiger partial charge in [-0.1, -0.05) is 0 Å². The van der Waals surface area contributed by atoms with Crippen LogP contribution in [-0.4, -0.2) is 58.4 Å². The second kappa shape index (κ2) is 7.68. The zero-order valence-corrected chi connectivity index (χ0v) is 12.9. The first kappa shape index (κ1) is 16.1. The van der Waals surface area contributed by atoms with Crippen molar-refractivity contribution in [3.8, 4) is 0 Å². The summed E-state index contributed by atoms with van der Waals surface area (Å²) in [4.78, 5) is 36.2. The molecule has 0 bridgehead atoms. The van der Waals surface area contributed by atoms with E-state index in [9.17, 15) is 14.4 Å². The van der Waals surface area contributed by atoms with E-state index < -0.39 is 5.97 Å². The summed E-state index contributed by atoms with van der Waals surface area (Å²) in [6.45, 7) is 1.14. The molecule has 1 atom stereocenters. The summed E-state index contributed by atoms with van der Waals surface area (Å²) in [6, 6.07) is -0.199. The van der Waals surface area contributed by atoms with Crippen molar-refractivity contribution >= 4 is 29.5 Å². The molecule has 0 aromatic rings. The molecule has 0 aromatic heterocycles. The van der Waals surface area contributed by atoms with Crippen molar-refractivity contribution in [2.45, 2.75) is 38.1 Å². The molecule has 118 valence electrons. The average Bonchev–Trinajstić information content (AvgIpc) is 3.27. The number of carboxylic acid groups (broad SMARTS) is 1. The molecule has 1 aliphatic carbocycles. The van der Waals surface area contributed by atoms with Crippen LogP contribution in [0.2, 0.25) is 0 Å². The molecule has 21 heavy (non-hydrogen) atoms. The Labute approximate surface area is 128 Å². The van der Waals surface area contributed by atoms with Gasteiger partial charge in [0.1, 0.15) is 0 Å². The maximum absolute atomic E-state index is 12.2. The van der Waals surface area contributed by atoms with Gasteiger partial charge in [-0.05, 0) is 19.3 Å². The monoisotopic (exact) mass is 314 g/mol. The van der Waals surface area contributed by atoms with Gasteiger partial charge >= 0.3 is 5.97 Å². The lowest BCUT2D eigenvalue weighted by Gasteiger charge is -2.34. The Morgan fingerprint density at radius 1 is 1.29 bits per heavy atom. The van der Waals surface area contributed by atoms with Crippen LogP contribution in [-0.2, 0) is 14.4 Å². The lowest BCUT2D eigenvalue weighted by Crippen LogP contribution is -2.47. The van der Waals surface area contributed by atoms with Crippen LogP contribution in [0.4, 0.5) is 0 Å². The van der Waals surface area contributed by atoms with E-state index in [1.807, 2.05) is 0 Å². The van der Waals surface area contributed by atoms with Crippen molar-refractivity contribution in [3.63, 3.8) is 0 Å². The van der Waals surface area contributed by atoms with E-state index in [4.69, 9.17) is 5.11 Å². The van der Waals surface area contributed by atoms with Crippen LogP contribution in [0, 0.1) is 5.92 Å². The second-order valence-corrected chi connectivity index (χ2v) is 6.73. The number of rotatable bonds is 7. The van der Waals surface area contributed by atoms with Crippen molar-refractivity contribution < 1.29 is 19.5 Å². The minimum atomic E-state index is -0.864. The Balaban J connectivity index is 1.69. The molecule has 2 N–H and O–H groups in total. The lowest BCUT2D eigenvalue weighted by atomic mass is 10.1. The van der Waals surface area contributed by atoms with Crippen molar-refractivity contribution in [2.75, 3.05) is 24.6 Å². The fourth-order valence-corrected chi connectivity index (χ4v) is 3.50. The summed E-state index contributed by atoms with van der Waals surface area (Å²) >= 11 is 1.69. The third-order valence-corrected chi connectivity index (χ3v) is 4.86. The normalized spacial score (nSPS) is 21.9. The molecule has 6 nitrogen and oxygen atoms in total. The Morgan fingerprint density at radius 3 is 2.71 bits per heavy atom. The van der Waals surface area contributed by atoms with E-state index in [0.29, 0.717) is 31.7 Å². The van der Waals surface area contributed by atoms with Crippen LogP contribution in [0.5, 0.6) is 0 Å². The van der Waals surface area contributed by atoms with Gasteiger partial charge in [-0.25, -0.2) is 0 Å². The van der Waals surface area contributed by atoms with E-state index in [1.54, 1.807) is 16.7 Å². The molecule has 2 amide bonds. The Morgan fingerprint density at radius 2 is 2.05 bits per heavy atom. The summed E-state index contributed by atoms with van der Waals surface area (Å²) in [5.74, 6) is 0.982. The molecule has 2 aliphatic rings. The van der Waals surface area contributed by atoms with Gasteiger partial charge in [0.15, 0.2) is 0 Å². The smallest absolute Gasteiger partial charge is 0.305 e. The Kier molecular flexibility index (Phi) is 5.90. The van der Waals surface area contributed by atoms with Gasteiger partial charge in [-0.3, -0.25) is 14.4 Å². The number of hydrogen-bond acceptors (Lipinski definition) is 4. The van der Waals surface area contributed by atoms with E-state index in [2.05, 4.69) is 5.32 Å². The molecule has 1 unspecified atom stereocenters. The highest BCUT2D eigenvalue weighted by molar-refractivity contribution is 7.99. The number of hydrogen-bond donors (Lipinski definition) is 2. The van der Waals surface area contributed by atoms with Gasteiger partial charge in [0.25, 0.3) is 0 Å². The largest absolute Gasteiger partial charge is 0.481 e. The van der Waals surface area contributed by atoms with Gasteiger partial charge in [-0.15, -0.1) is 0 Å². The predicted octanol–water partition coefficient (Wildman–Crippen LogP) is 0.711. The van der Waals surface area contributed by atoms with Crippen LogP contribution in [0.3, 0.4) is 0 Å². The summed E-state index contributed by atoms with van der Waals surface area (Å²) < 4.78 is 0. The molecule has 7 heteroatoms. The standard InChI is InChI=1S/C14H22N2O4S/c17-12(2-1-5-15-14(20)10-3-4-10)16-6-7-21-9-11(16)8-13(18)19/h10-11H,1-9H2,(H,15,20)(H,18,19). The van der Waals surface area contributed by atoms with Gasteiger partial charge in [0, 0.05) is 36.9 Å². The number of nitrogens with zero attached hydrogens (tertiary/aromatic N) is 1. The van der Waals surface area contributed by atoms with Gasteiger partial charge in [-0.2, -0.15) is 11.8 Å². The summed E-state index contributed by atoms with van der Waals surface area (Å²) in [7, 11) is 0. The third kappa shape index (κ3) is 5.22. The second-order valence-electron chi connectivity index (χ2n) is 5.58. The van der Waals surface area contributed by atoms with Gasteiger partial charge in [0.2, 0.25) is 11.8 Å². The van der Waals surface area contributed by atoms with E-state index in [0.717, 1.165) is 18.6 Å². The average molecular weight is 314 g/mol. The predicted molar refractivity (Wildman–Crippen MR) is 80.0 cm³/mol. The van der Waals surface area contributed by atoms with Crippen LogP contribution in [0.1, 0.15) is 32.1 Å². The minimum Gasteiger partial charge on any atom is -0.481 e. The molecular formula is C14H22N2O4S. The van der Waals surface area contributed by atoms with Crippen molar-refractivity contribution in [1.82, 2.24) is 10.2 Å². The van der Waals surface area contributed by atoms with E-state index in [1.165, 1.54) is 0 Å². The molecule has 0 spiro atoms. The molecule has 2 fully saturated rings. The van der Waals surface area contributed by atoms with E-state index in [-0.39, 0.29) is 30.2 Å². The zero-order valence-electron chi connectivity index (χ0n) is 12.0. The van der Waals surface area contributed by atoms with Crippen molar-refractivity contribution in [3.05, 3.63) is 0 Å². The fourth-order valence-electron chi connectivity index (χ4n) is 2.44. The molecular weight excluding hydrogens is 292 g/mol. The maximum Gasteiger partial charge on any atom is 0.305 e. The Hall–Kier alpha value is -1.24. The molecule has 0 aromatic carbocycles. The third-order valence-electron chi connectivity index (χ3n) is 3.77. The van der Waals surface area contributed by atoms with E-state index >= 15 is 0 Å². The number of nitrogens with one attached hydrogen (secondary N) is 1. The van der Waals surface area contributed by atoms with Crippen LogP contribution in [0.15, 0.2) is 0 Å². The number of carboxylic acids is 1. The number of thioether (sulfide) groups is 1. The summed E-state index contributed by atoms with van der Waals surface area (Å²) in [5.41, 5.74) is 0. The quantitative estimate of drug-likeness (QED) is 0.676. The highest BCUT2D eigenvalue weighted by Crippen LogP contribution is 2.28. The van der Waals surface area contributed by atoms with Crippen molar-refractivity contribution in [1.29, 1.82) is 0 Å². The van der Waals surface area contributed by atoms with Gasteiger partial charge in [0.05, 0.1) is 12.5 Å². The topological polar surface area (TPSA) is 86.7 Å². The first-order valence-corrected chi connectivity index (χ1v) is 8.60. The van der Waals surface area contributed by atoms with Crippen LogP contribution >= 0.6 is 11.8 Å². The fraction of sp³-hybridized carbons (Fsp3) is 0.786. The zero-order chi connectivity index (χ0) is 15.2. The molecule has 1 heterocycles. The van der Waals surface area contributed by atoms with Crippen LogP contribution < -0.4 is 5.32 Å². The number of aliphatic carboxylic acids is 1. The molecule has 0 radical (unpaired) electrons. The van der Waals surface area contributed by atoms with Crippen LogP contribution in [0.25, 0.3) is 0 Å². The summed E-state index contributed by atoms with van der Waals surface area (Å²) in [6.07, 6.45) is 2.95. The minimum absolute atomic E-state index is 0.00206. The highest BCUT2D eigenvalue weighted by Gasteiger charge is 2.30. The Bertz CT molecular complexity index is 412. The SMILES string of the molecule is O=C(O)CC1CSCCN1C(=O)CCCNC(=O)C1CC1. The van der Waals surface area contributed by atoms with Gasteiger partial charge < -0.3 is 15.3 Å². The number of carbonyl (C=O) groups excluding carboxylic acids is 2. The molecule has 2 rings (SSSR count). The van der Waals surface area contributed by atoms with Crippen molar-refractivity contribution in [2.24, 2.45) is 5.92 Å². The maximum atomic E-state index is 12.2.